The van der Waals surface area contributed by atoms with Crippen LogP contribution in [0.4, 0.5) is 5.88 Å². The average molecular weight is 436 g/mol. The van der Waals surface area contributed by atoms with Crippen molar-refractivity contribution in [2.45, 2.75) is 25.0 Å². The summed E-state index contributed by atoms with van der Waals surface area (Å²) < 4.78 is 6.84. The van der Waals surface area contributed by atoms with Crippen LogP contribution in [0, 0.1) is 0 Å². The van der Waals surface area contributed by atoms with Crippen molar-refractivity contribution in [3.8, 4) is 0 Å². The smallest absolute Gasteiger partial charge is 0.250 e. The molecule has 1 aliphatic rings. The third-order valence-electron chi connectivity index (χ3n) is 4.11. The van der Waals surface area contributed by atoms with Crippen LogP contribution in [0.3, 0.4) is 0 Å². The number of carbonyl (C=O) groups excluding carboxylic acids is 1. The minimum Gasteiger partial charge on any atom is -0.440 e. The first-order valence-corrected chi connectivity index (χ1v) is 10.6. The molecule has 0 aliphatic carbocycles. The van der Waals surface area contributed by atoms with Crippen LogP contribution in [-0.2, 0) is 10.5 Å². The molecule has 1 saturated heterocycles. The van der Waals surface area contributed by atoms with Crippen LogP contribution in [0.1, 0.15) is 30.6 Å². The van der Waals surface area contributed by atoms with Crippen LogP contribution in [0.2, 0.25) is 0 Å². The van der Waals surface area contributed by atoms with E-state index < -0.39 is 0 Å². The highest BCUT2D eigenvalue weighted by Crippen LogP contribution is 2.22. The molecule has 5 nitrogen and oxygen atoms in total. The molecular formula is C19H22BrN3O2S. The van der Waals surface area contributed by atoms with Gasteiger partial charge in [0.25, 0.3) is 0 Å². The van der Waals surface area contributed by atoms with E-state index in [-0.39, 0.29) is 5.91 Å². The molecule has 2 aromatic rings. The number of piperidine rings is 1. The maximum Gasteiger partial charge on any atom is 0.250 e. The standard InChI is InChI=1S/C19H22BrN3O2S/c20-17-7-3-2-6-15(17)13-26-14-18(24)22-21-12-16-8-9-19(25-16)23-10-4-1-5-11-23/h2-3,6-9,12H,1,4-5,10-11,13-14H2,(H,22,24)/b21-12-. The molecule has 1 amide bonds. The Hall–Kier alpha value is -1.73. The summed E-state index contributed by atoms with van der Waals surface area (Å²) in [6, 6.07) is 11.9. The van der Waals surface area contributed by atoms with E-state index in [1.54, 1.807) is 18.0 Å². The summed E-state index contributed by atoms with van der Waals surface area (Å²) in [5.74, 6) is 2.53. The third kappa shape index (κ3) is 5.64. The van der Waals surface area contributed by atoms with Gasteiger partial charge in [-0.1, -0.05) is 34.1 Å². The number of hydrogen-bond acceptors (Lipinski definition) is 5. The molecule has 7 heteroatoms. The van der Waals surface area contributed by atoms with E-state index in [0.717, 1.165) is 29.2 Å². The molecule has 138 valence electrons. The molecule has 0 saturated carbocycles. The number of benzene rings is 1. The minimum absolute atomic E-state index is 0.124. The summed E-state index contributed by atoms with van der Waals surface area (Å²) >= 11 is 5.06. The number of hydrazone groups is 1. The highest BCUT2D eigenvalue weighted by atomic mass is 79.9. The Morgan fingerprint density at radius 3 is 2.85 bits per heavy atom. The van der Waals surface area contributed by atoms with Gasteiger partial charge in [0.05, 0.1) is 12.0 Å². The van der Waals surface area contributed by atoms with Crippen LogP contribution < -0.4 is 10.3 Å². The lowest BCUT2D eigenvalue weighted by molar-refractivity contribution is -0.118. The first-order valence-electron chi connectivity index (χ1n) is 8.70. The van der Waals surface area contributed by atoms with Crippen molar-refractivity contribution in [2.75, 3.05) is 23.7 Å². The molecule has 3 rings (SSSR count). The van der Waals surface area contributed by atoms with Gasteiger partial charge in [-0.2, -0.15) is 5.10 Å². The molecule has 1 aromatic carbocycles. The fraction of sp³-hybridized carbons (Fsp3) is 0.368. The van der Waals surface area contributed by atoms with E-state index in [1.807, 2.05) is 36.4 Å². The first-order chi connectivity index (χ1) is 12.7. The number of nitrogens with one attached hydrogen (secondary N) is 1. The van der Waals surface area contributed by atoms with Crippen molar-refractivity contribution in [1.82, 2.24) is 5.43 Å². The number of nitrogens with zero attached hydrogens (tertiary/aromatic N) is 2. The lowest BCUT2D eigenvalue weighted by Gasteiger charge is -2.25. The van der Waals surface area contributed by atoms with E-state index in [4.69, 9.17) is 4.42 Å². The van der Waals surface area contributed by atoms with Gasteiger partial charge >= 0.3 is 0 Å². The third-order valence-corrected chi connectivity index (χ3v) is 5.86. The Labute approximate surface area is 166 Å². The zero-order chi connectivity index (χ0) is 18.2. The molecule has 0 radical (unpaired) electrons. The number of carbonyl (C=O) groups is 1. The lowest BCUT2D eigenvalue weighted by atomic mass is 10.1. The summed E-state index contributed by atoms with van der Waals surface area (Å²) in [4.78, 5) is 14.1. The van der Waals surface area contributed by atoms with Gasteiger partial charge in [-0.3, -0.25) is 4.79 Å². The van der Waals surface area contributed by atoms with Gasteiger partial charge in [-0.15, -0.1) is 11.8 Å². The molecule has 1 aromatic heterocycles. The van der Waals surface area contributed by atoms with Crippen LogP contribution in [-0.4, -0.2) is 31.0 Å². The molecule has 0 spiro atoms. The lowest BCUT2D eigenvalue weighted by Crippen LogP contribution is -2.28. The number of rotatable bonds is 7. The molecule has 2 heterocycles. The predicted octanol–water partition coefficient (Wildman–Crippen LogP) is 4.42. The fourth-order valence-electron chi connectivity index (χ4n) is 2.77. The van der Waals surface area contributed by atoms with Crippen molar-refractivity contribution >= 4 is 45.7 Å². The number of hydrogen-bond donors (Lipinski definition) is 1. The zero-order valence-corrected chi connectivity index (χ0v) is 16.9. The van der Waals surface area contributed by atoms with Gasteiger partial charge < -0.3 is 9.32 Å². The van der Waals surface area contributed by atoms with Gasteiger partial charge in [0.1, 0.15) is 5.76 Å². The molecule has 0 atom stereocenters. The highest BCUT2D eigenvalue weighted by molar-refractivity contribution is 9.10. The number of furan rings is 1. The van der Waals surface area contributed by atoms with Crippen molar-refractivity contribution < 1.29 is 9.21 Å². The Morgan fingerprint density at radius 1 is 1.23 bits per heavy atom. The molecule has 1 fully saturated rings. The van der Waals surface area contributed by atoms with Gasteiger partial charge in [0.15, 0.2) is 5.88 Å². The minimum atomic E-state index is -0.124. The number of thioether (sulfide) groups is 1. The number of amides is 1. The van der Waals surface area contributed by atoms with E-state index in [1.165, 1.54) is 24.8 Å². The molecule has 0 bridgehead atoms. The summed E-state index contributed by atoms with van der Waals surface area (Å²) in [5.41, 5.74) is 3.72. The second-order valence-electron chi connectivity index (χ2n) is 6.10. The topological polar surface area (TPSA) is 57.8 Å². The molecule has 26 heavy (non-hydrogen) atoms. The van der Waals surface area contributed by atoms with E-state index in [0.29, 0.717) is 11.5 Å². The van der Waals surface area contributed by atoms with Gasteiger partial charge in [-0.05, 0) is 37.0 Å². The van der Waals surface area contributed by atoms with Crippen LogP contribution in [0.25, 0.3) is 0 Å². The zero-order valence-electron chi connectivity index (χ0n) is 14.5. The Balaban J connectivity index is 1.40. The van der Waals surface area contributed by atoms with E-state index >= 15 is 0 Å². The number of halogens is 1. The molecule has 1 aliphatic heterocycles. The van der Waals surface area contributed by atoms with Gasteiger partial charge in [0.2, 0.25) is 5.91 Å². The molecule has 1 N–H and O–H groups in total. The van der Waals surface area contributed by atoms with Crippen molar-refractivity contribution in [3.05, 3.63) is 52.2 Å². The Kier molecular flexibility index (Phi) is 7.20. The van der Waals surface area contributed by atoms with Crippen molar-refractivity contribution in [1.29, 1.82) is 0 Å². The van der Waals surface area contributed by atoms with E-state index in [9.17, 15) is 4.79 Å². The molecule has 0 unspecified atom stereocenters. The second kappa shape index (κ2) is 9.83. The fourth-order valence-corrected chi connectivity index (χ4v) is 4.20. The number of anilines is 1. The first kappa shape index (κ1) is 19.0. The van der Waals surface area contributed by atoms with Crippen molar-refractivity contribution in [3.63, 3.8) is 0 Å². The van der Waals surface area contributed by atoms with E-state index in [2.05, 4.69) is 31.4 Å². The maximum atomic E-state index is 11.9. The van der Waals surface area contributed by atoms with Crippen molar-refractivity contribution in [2.24, 2.45) is 5.10 Å². The highest BCUT2D eigenvalue weighted by Gasteiger charge is 2.13. The summed E-state index contributed by atoms with van der Waals surface area (Å²) in [5, 5.41) is 3.98. The quantitative estimate of drug-likeness (QED) is 0.516. The van der Waals surface area contributed by atoms with Crippen LogP contribution in [0.15, 0.2) is 50.4 Å². The van der Waals surface area contributed by atoms with Crippen LogP contribution in [0.5, 0.6) is 0 Å². The SMILES string of the molecule is O=C(CSCc1ccccc1Br)N/N=C\c1ccc(N2CCCCC2)o1. The Bertz CT molecular complexity index is 757. The second-order valence-corrected chi connectivity index (χ2v) is 7.94. The predicted molar refractivity (Wildman–Crippen MR) is 111 cm³/mol. The summed E-state index contributed by atoms with van der Waals surface area (Å²) in [6.07, 6.45) is 5.25. The normalized spacial score (nSPS) is 14.7. The Morgan fingerprint density at radius 2 is 2.04 bits per heavy atom. The monoisotopic (exact) mass is 435 g/mol. The summed E-state index contributed by atoms with van der Waals surface area (Å²) in [6.45, 7) is 2.07. The average Bonchev–Trinajstić information content (AvgIpc) is 3.13. The largest absolute Gasteiger partial charge is 0.440 e. The van der Waals surface area contributed by atoms with Gasteiger partial charge in [-0.25, -0.2) is 5.43 Å². The van der Waals surface area contributed by atoms with Crippen LogP contribution >= 0.6 is 27.7 Å². The maximum absolute atomic E-state index is 11.9. The molecular weight excluding hydrogens is 414 g/mol. The summed E-state index contributed by atoms with van der Waals surface area (Å²) in [7, 11) is 0. The van der Waals surface area contributed by atoms with Gasteiger partial charge in [0, 0.05) is 29.4 Å².